The van der Waals surface area contributed by atoms with E-state index in [9.17, 15) is 0 Å². The Hall–Kier alpha value is -1.87. The molecule has 0 aliphatic heterocycles. The third-order valence-electron chi connectivity index (χ3n) is 3.08. The fraction of sp³-hybridized carbons (Fsp3) is 0.312. The molecule has 2 N–H and O–H groups in total. The number of rotatable bonds is 6. The van der Waals surface area contributed by atoms with Crippen LogP contribution in [-0.2, 0) is 13.1 Å². The number of nitrogens with zero attached hydrogens (tertiary/aromatic N) is 2. The molecule has 1 aromatic heterocycles. The lowest BCUT2D eigenvalue weighted by atomic mass is 10.2. The summed E-state index contributed by atoms with van der Waals surface area (Å²) in [5.41, 5.74) is 7.98. The zero-order chi connectivity index (χ0) is 13.5. The summed E-state index contributed by atoms with van der Waals surface area (Å²) in [5.74, 6) is 1.02. The molecule has 1 heterocycles. The first-order valence-corrected chi connectivity index (χ1v) is 6.77. The van der Waals surface area contributed by atoms with Gasteiger partial charge in [0.1, 0.15) is 5.82 Å². The maximum absolute atomic E-state index is 5.60. The van der Waals surface area contributed by atoms with Gasteiger partial charge in [-0.15, -0.1) is 0 Å². The van der Waals surface area contributed by atoms with Gasteiger partial charge in [0.2, 0.25) is 0 Å². The van der Waals surface area contributed by atoms with Crippen molar-refractivity contribution in [1.82, 2.24) is 4.98 Å². The number of hydrogen-bond acceptors (Lipinski definition) is 3. The minimum Gasteiger partial charge on any atom is -0.352 e. The monoisotopic (exact) mass is 255 g/mol. The summed E-state index contributed by atoms with van der Waals surface area (Å²) in [6.45, 7) is 4.62. The number of hydrogen-bond donors (Lipinski definition) is 1. The highest BCUT2D eigenvalue weighted by molar-refractivity contribution is 5.40. The second kappa shape index (κ2) is 6.90. The van der Waals surface area contributed by atoms with Gasteiger partial charge in [-0.3, -0.25) is 0 Å². The van der Waals surface area contributed by atoms with Crippen LogP contribution in [0.4, 0.5) is 5.82 Å². The van der Waals surface area contributed by atoms with E-state index in [0.29, 0.717) is 6.54 Å². The SMILES string of the molecule is CCCN(Cc1ccccc1)c1ccc(CN)cn1. The van der Waals surface area contributed by atoms with Crippen molar-refractivity contribution in [2.45, 2.75) is 26.4 Å². The first-order chi connectivity index (χ1) is 9.33. The smallest absolute Gasteiger partial charge is 0.128 e. The number of benzene rings is 1. The Morgan fingerprint density at radius 2 is 1.84 bits per heavy atom. The molecule has 0 bridgehead atoms. The maximum Gasteiger partial charge on any atom is 0.128 e. The van der Waals surface area contributed by atoms with E-state index in [-0.39, 0.29) is 0 Å². The van der Waals surface area contributed by atoms with Crippen LogP contribution in [0, 0.1) is 0 Å². The molecule has 3 heteroatoms. The third-order valence-corrected chi connectivity index (χ3v) is 3.08. The Morgan fingerprint density at radius 1 is 1.05 bits per heavy atom. The molecule has 0 amide bonds. The van der Waals surface area contributed by atoms with Crippen LogP contribution in [0.3, 0.4) is 0 Å². The molecule has 0 aliphatic carbocycles. The number of anilines is 1. The zero-order valence-electron chi connectivity index (χ0n) is 11.4. The van der Waals surface area contributed by atoms with Gasteiger partial charge in [0, 0.05) is 25.8 Å². The summed E-state index contributed by atoms with van der Waals surface area (Å²) in [6, 6.07) is 14.6. The largest absolute Gasteiger partial charge is 0.352 e. The number of nitrogens with two attached hydrogens (primary N) is 1. The highest BCUT2D eigenvalue weighted by Gasteiger charge is 2.07. The van der Waals surface area contributed by atoms with Crippen LogP contribution in [0.2, 0.25) is 0 Å². The van der Waals surface area contributed by atoms with Crippen LogP contribution < -0.4 is 10.6 Å². The first-order valence-electron chi connectivity index (χ1n) is 6.77. The second-order valence-corrected chi connectivity index (χ2v) is 4.64. The van der Waals surface area contributed by atoms with E-state index in [4.69, 9.17) is 5.73 Å². The van der Waals surface area contributed by atoms with Crippen molar-refractivity contribution < 1.29 is 0 Å². The summed E-state index contributed by atoms with van der Waals surface area (Å²) in [5, 5.41) is 0. The summed E-state index contributed by atoms with van der Waals surface area (Å²) in [6.07, 6.45) is 2.97. The summed E-state index contributed by atoms with van der Waals surface area (Å²) in [7, 11) is 0. The lowest BCUT2D eigenvalue weighted by molar-refractivity contribution is 0.754. The van der Waals surface area contributed by atoms with Gasteiger partial charge in [0.25, 0.3) is 0 Å². The lowest BCUT2D eigenvalue weighted by Crippen LogP contribution is -2.24. The molecule has 3 nitrogen and oxygen atoms in total. The first kappa shape index (κ1) is 13.6. The van der Waals surface area contributed by atoms with Gasteiger partial charge in [0.05, 0.1) is 0 Å². The molecular formula is C16H21N3. The average molecular weight is 255 g/mol. The van der Waals surface area contributed by atoms with E-state index in [1.54, 1.807) is 0 Å². The fourth-order valence-electron chi connectivity index (χ4n) is 2.07. The van der Waals surface area contributed by atoms with Gasteiger partial charge >= 0.3 is 0 Å². The van der Waals surface area contributed by atoms with Crippen LogP contribution in [0.5, 0.6) is 0 Å². The molecule has 1 aromatic carbocycles. The minimum atomic E-state index is 0.541. The third kappa shape index (κ3) is 3.80. The Bertz CT molecular complexity index is 479. The van der Waals surface area contributed by atoms with Crippen molar-refractivity contribution in [3.8, 4) is 0 Å². The summed E-state index contributed by atoms with van der Waals surface area (Å²) >= 11 is 0. The molecular weight excluding hydrogens is 234 g/mol. The van der Waals surface area contributed by atoms with Crippen molar-refractivity contribution in [1.29, 1.82) is 0 Å². The van der Waals surface area contributed by atoms with E-state index in [0.717, 1.165) is 30.9 Å². The van der Waals surface area contributed by atoms with E-state index in [1.165, 1.54) is 5.56 Å². The molecule has 19 heavy (non-hydrogen) atoms. The molecule has 0 spiro atoms. The Balaban J connectivity index is 2.14. The van der Waals surface area contributed by atoms with Crippen molar-refractivity contribution in [3.05, 3.63) is 59.8 Å². The predicted octanol–water partition coefficient (Wildman–Crippen LogP) is 2.96. The number of pyridine rings is 1. The van der Waals surface area contributed by atoms with Gasteiger partial charge < -0.3 is 10.6 Å². The van der Waals surface area contributed by atoms with Gasteiger partial charge in [-0.1, -0.05) is 43.3 Å². The molecule has 0 radical (unpaired) electrons. The highest BCUT2D eigenvalue weighted by atomic mass is 15.2. The van der Waals surface area contributed by atoms with Crippen LogP contribution in [0.25, 0.3) is 0 Å². The summed E-state index contributed by atoms with van der Waals surface area (Å²) < 4.78 is 0. The summed E-state index contributed by atoms with van der Waals surface area (Å²) in [4.78, 5) is 6.81. The molecule has 0 aliphatic rings. The molecule has 0 saturated carbocycles. The Morgan fingerprint density at radius 3 is 2.42 bits per heavy atom. The molecule has 0 saturated heterocycles. The van der Waals surface area contributed by atoms with Gasteiger partial charge in [-0.05, 0) is 23.6 Å². The lowest BCUT2D eigenvalue weighted by Gasteiger charge is -2.23. The van der Waals surface area contributed by atoms with Crippen LogP contribution in [0.15, 0.2) is 48.7 Å². The van der Waals surface area contributed by atoms with Gasteiger partial charge in [0.15, 0.2) is 0 Å². The number of aromatic nitrogens is 1. The highest BCUT2D eigenvalue weighted by Crippen LogP contribution is 2.15. The maximum atomic E-state index is 5.60. The topological polar surface area (TPSA) is 42.1 Å². The standard InChI is InChI=1S/C16H21N3/c1-2-10-19(13-14-6-4-3-5-7-14)16-9-8-15(11-17)12-18-16/h3-9,12H,2,10-11,13,17H2,1H3. The molecule has 0 atom stereocenters. The van der Waals surface area contributed by atoms with Crippen molar-refractivity contribution in [3.63, 3.8) is 0 Å². The van der Waals surface area contributed by atoms with Crippen LogP contribution in [0.1, 0.15) is 24.5 Å². The van der Waals surface area contributed by atoms with E-state index < -0.39 is 0 Å². The zero-order valence-corrected chi connectivity index (χ0v) is 11.4. The molecule has 100 valence electrons. The Kier molecular flexibility index (Phi) is 4.93. The molecule has 2 aromatic rings. The predicted molar refractivity (Wildman–Crippen MR) is 79.9 cm³/mol. The second-order valence-electron chi connectivity index (χ2n) is 4.64. The van der Waals surface area contributed by atoms with Gasteiger partial charge in [-0.25, -0.2) is 4.98 Å². The van der Waals surface area contributed by atoms with E-state index in [2.05, 4.69) is 53.2 Å². The van der Waals surface area contributed by atoms with Crippen LogP contribution >= 0.6 is 0 Å². The fourth-order valence-corrected chi connectivity index (χ4v) is 2.07. The molecule has 0 unspecified atom stereocenters. The Labute approximate surface area is 115 Å². The quantitative estimate of drug-likeness (QED) is 0.863. The van der Waals surface area contributed by atoms with Crippen LogP contribution in [-0.4, -0.2) is 11.5 Å². The van der Waals surface area contributed by atoms with E-state index >= 15 is 0 Å². The van der Waals surface area contributed by atoms with Crippen molar-refractivity contribution in [2.75, 3.05) is 11.4 Å². The minimum absolute atomic E-state index is 0.541. The van der Waals surface area contributed by atoms with Crippen molar-refractivity contribution >= 4 is 5.82 Å². The van der Waals surface area contributed by atoms with E-state index in [1.807, 2.05) is 12.3 Å². The van der Waals surface area contributed by atoms with Crippen molar-refractivity contribution in [2.24, 2.45) is 5.73 Å². The molecule has 0 fully saturated rings. The van der Waals surface area contributed by atoms with Gasteiger partial charge in [-0.2, -0.15) is 0 Å². The normalized spacial score (nSPS) is 10.4. The average Bonchev–Trinajstić information content (AvgIpc) is 2.48. The molecule has 2 rings (SSSR count).